The lowest BCUT2D eigenvalue weighted by Gasteiger charge is -2.46. The molecular weight excluding hydrogens is 266 g/mol. The van der Waals surface area contributed by atoms with Gasteiger partial charge in [-0.25, -0.2) is 4.98 Å². The van der Waals surface area contributed by atoms with Crippen LogP contribution in [0.4, 0.5) is 0 Å². The third-order valence-corrected chi connectivity index (χ3v) is 4.08. The molecule has 0 saturated carbocycles. The van der Waals surface area contributed by atoms with Gasteiger partial charge in [0.25, 0.3) is 5.56 Å². The molecule has 5 nitrogen and oxygen atoms in total. The third kappa shape index (κ3) is 2.71. The number of aromatic nitrogens is 2. The van der Waals surface area contributed by atoms with E-state index in [0.29, 0.717) is 25.3 Å². The highest BCUT2D eigenvalue weighted by atomic mass is 16.3. The van der Waals surface area contributed by atoms with E-state index in [9.17, 15) is 9.90 Å². The van der Waals surface area contributed by atoms with E-state index in [0.717, 1.165) is 24.1 Å². The summed E-state index contributed by atoms with van der Waals surface area (Å²) in [5, 5.41) is 10.2. The van der Waals surface area contributed by atoms with E-state index in [1.165, 1.54) is 0 Å². The average Bonchev–Trinajstić information content (AvgIpc) is 2.39. The molecule has 3 heterocycles. The molecule has 0 spiro atoms. The van der Waals surface area contributed by atoms with Crippen LogP contribution in [0.25, 0.3) is 5.65 Å². The minimum atomic E-state index is -0.545. The van der Waals surface area contributed by atoms with Crippen molar-refractivity contribution in [2.45, 2.75) is 38.8 Å². The normalized spacial score (nSPS) is 17.9. The van der Waals surface area contributed by atoms with Gasteiger partial charge in [-0.15, -0.1) is 0 Å². The quantitative estimate of drug-likeness (QED) is 0.922. The predicted octanol–water partition coefficient (Wildman–Crippen LogP) is 1.35. The second-order valence-electron chi connectivity index (χ2n) is 6.09. The van der Waals surface area contributed by atoms with Gasteiger partial charge in [0.05, 0.1) is 11.3 Å². The number of aliphatic hydroxyl groups is 1. The monoisotopic (exact) mass is 287 g/mol. The Hall–Kier alpha value is -1.72. The van der Waals surface area contributed by atoms with E-state index in [2.05, 4.69) is 16.8 Å². The molecule has 0 atom stereocenters. The first-order valence-corrected chi connectivity index (χ1v) is 7.43. The Balaban J connectivity index is 1.80. The number of likely N-dealkylation sites (tertiary alicyclic amines) is 1. The molecule has 1 aliphatic rings. The largest absolute Gasteiger partial charge is 0.387 e. The molecule has 0 unspecified atom stereocenters. The van der Waals surface area contributed by atoms with Crippen LogP contribution in [0.5, 0.6) is 0 Å². The van der Waals surface area contributed by atoms with E-state index in [1.54, 1.807) is 16.7 Å². The zero-order valence-electron chi connectivity index (χ0n) is 12.5. The van der Waals surface area contributed by atoms with Gasteiger partial charge >= 0.3 is 0 Å². The SMILES string of the molecule is CCCC1(O)CN(Cc2cc(=O)n3cccc(C)c3n2)C1. The predicted molar refractivity (Wildman–Crippen MR) is 81.3 cm³/mol. The van der Waals surface area contributed by atoms with Gasteiger partial charge in [-0.05, 0) is 25.0 Å². The van der Waals surface area contributed by atoms with E-state index in [1.807, 2.05) is 19.1 Å². The Morgan fingerprint density at radius 2 is 2.19 bits per heavy atom. The second-order valence-corrected chi connectivity index (χ2v) is 6.09. The molecule has 1 saturated heterocycles. The number of nitrogens with zero attached hydrogens (tertiary/aromatic N) is 3. The van der Waals surface area contributed by atoms with Crippen LogP contribution in [0.1, 0.15) is 31.0 Å². The zero-order valence-corrected chi connectivity index (χ0v) is 12.5. The van der Waals surface area contributed by atoms with Crippen LogP contribution >= 0.6 is 0 Å². The van der Waals surface area contributed by atoms with E-state index in [4.69, 9.17) is 0 Å². The topological polar surface area (TPSA) is 57.8 Å². The van der Waals surface area contributed by atoms with Crippen molar-refractivity contribution in [3.63, 3.8) is 0 Å². The van der Waals surface area contributed by atoms with E-state index >= 15 is 0 Å². The molecule has 112 valence electrons. The van der Waals surface area contributed by atoms with Gasteiger partial charge in [0.1, 0.15) is 5.65 Å². The van der Waals surface area contributed by atoms with Gasteiger partial charge < -0.3 is 5.11 Å². The van der Waals surface area contributed by atoms with Gasteiger partial charge in [-0.1, -0.05) is 19.4 Å². The number of hydrogen-bond acceptors (Lipinski definition) is 4. The molecule has 1 N–H and O–H groups in total. The molecule has 0 bridgehead atoms. The fourth-order valence-electron chi connectivity index (χ4n) is 3.14. The maximum absolute atomic E-state index is 12.1. The Bertz CT molecular complexity index is 717. The fraction of sp³-hybridized carbons (Fsp3) is 0.500. The van der Waals surface area contributed by atoms with Crippen LogP contribution in [0, 0.1) is 6.92 Å². The van der Waals surface area contributed by atoms with Crippen molar-refractivity contribution in [2.24, 2.45) is 0 Å². The van der Waals surface area contributed by atoms with Crippen molar-refractivity contribution in [3.8, 4) is 0 Å². The van der Waals surface area contributed by atoms with Crippen LogP contribution < -0.4 is 5.56 Å². The van der Waals surface area contributed by atoms with Gasteiger partial charge in [0.15, 0.2) is 0 Å². The molecule has 5 heteroatoms. The lowest BCUT2D eigenvalue weighted by Crippen LogP contribution is -2.61. The average molecular weight is 287 g/mol. The molecule has 0 amide bonds. The first-order chi connectivity index (χ1) is 10.0. The summed E-state index contributed by atoms with van der Waals surface area (Å²) in [7, 11) is 0. The summed E-state index contributed by atoms with van der Waals surface area (Å²) in [6.45, 7) is 5.97. The highest BCUT2D eigenvalue weighted by molar-refractivity contribution is 5.46. The number of rotatable bonds is 4. The first-order valence-electron chi connectivity index (χ1n) is 7.43. The minimum Gasteiger partial charge on any atom is -0.387 e. The Morgan fingerprint density at radius 3 is 2.90 bits per heavy atom. The smallest absolute Gasteiger partial charge is 0.258 e. The first kappa shape index (κ1) is 14.2. The Morgan fingerprint density at radius 1 is 1.43 bits per heavy atom. The lowest BCUT2D eigenvalue weighted by molar-refractivity contribution is -0.107. The van der Waals surface area contributed by atoms with Crippen molar-refractivity contribution in [1.29, 1.82) is 0 Å². The Kier molecular flexibility index (Phi) is 3.55. The summed E-state index contributed by atoms with van der Waals surface area (Å²) in [6, 6.07) is 5.39. The second kappa shape index (κ2) is 5.24. The summed E-state index contributed by atoms with van der Waals surface area (Å²) in [6.07, 6.45) is 3.56. The van der Waals surface area contributed by atoms with Gasteiger partial charge in [-0.2, -0.15) is 0 Å². The summed E-state index contributed by atoms with van der Waals surface area (Å²) < 4.78 is 1.57. The molecule has 1 fully saturated rings. The maximum Gasteiger partial charge on any atom is 0.258 e. The van der Waals surface area contributed by atoms with Crippen LogP contribution in [-0.2, 0) is 6.54 Å². The summed E-state index contributed by atoms with van der Waals surface area (Å²) in [5.74, 6) is 0. The van der Waals surface area contributed by atoms with Crippen molar-refractivity contribution in [3.05, 3.63) is 46.0 Å². The number of β-amino-alcohol motifs (C(OH)–C–C–N with tert-alkyl or cyclic N) is 1. The number of pyridine rings is 1. The van der Waals surface area contributed by atoms with Crippen molar-refractivity contribution < 1.29 is 5.11 Å². The lowest BCUT2D eigenvalue weighted by atomic mass is 9.89. The molecule has 0 aliphatic carbocycles. The number of aryl methyl sites for hydroxylation is 1. The van der Waals surface area contributed by atoms with Crippen LogP contribution in [0.2, 0.25) is 0 Å². The Labute approximate surface area is 123 Å². The van der Waals surface area contributed by atoms with Crippen molar-refractivity contribution in [2.75, 3.05) is 13.1 Å². The zero-order chi connectivity index (χ0) is 15.0. The van der Waals surface area contributed by atoms with E-state index < -0.39 is 5.60 Å². The van der Waals surface area contributed by atoms with Crippen molar-refractivity contribution in [1.82, 2.24) is 14.3 Å². The number of hydrogen-bond donors (Lipinski definition) is 1. The highest BCUT2D eigenvalue weighted by Gasteiger charge is 2.39. The highest BCUT2D eigenvalue weighted by Crippen LogP contribution is 2.26. The standard InChI is InChI=1S/C16H21N3O2/c1-3-6-16(21)10-18(11-16)9-13-8-14(20)19-7-4-5-12(2)15(19)17-13/h4-5,7-8,21H,3,6,9-11H2,1-2H3. The van der Waals surface area contributed by atoms with Gasteiger partial charge in [0.2, 0.25) is 0 Å². The van der Waals surface area contributed by atoms with E-state index in [-0.39, 0.29) is 5.56 Å². The summed E-state index contributed by atoms with van der Waals surface area (Å²) in [4.78, 5) is 18.8. The molecular formula is C16H21N3O2. The molecule has 2 aromatic heterocycles. The molecule has 0 radical (unpaired) electrons. The summed E-state index contributed by atoms with van der Waals surface area (Å²) >= 11 is 0. The van der Waals surface area contributed by atoms with Crippen LogP contribution in [-0.4, -0.2) is 38.1 Å². The molecule has 1 aliphatic heterocycles. The van der Waals surface area contributed by atoms with Crippen molar-refractivity contribution >= 4 is 5.65 Å². The van der Waals surface area contributed by atoms with Gasteiger partial charge in [0, 0.05) is 31.9 Å². The summed E-state index contributed by atoms with van der Waals surface area (Å²) in [5.41, 5.74) is 1.87. The third-order valence-electron chi connectivity index (χ3n) is 4.08. The minimum absolute atomic E-state index is 0.0527. The molecule has 21 heavy (non-hydrogen) atoms. The van der Waals surface area contributed by atoms with Gasteiger partial charge in [-0.3, -0.25) is 14.1 Å². The van der Waals surface area contributed by atoms with Crippen LogP contribution in [0.15, 0.2) is 29.2 Å². The van der Waals surface area contributed by atoms with Crippen LogP contribution in [0.3, 0.4) is 0 Å². The maximum atomic E-state index is 12.1. The molecule has 2 aromatic rings. The number of fused-ring (bicyclic) bond motifs is 1. The molecule has 0 aromatic carbocycles. The fourth-order valence-corrected chi connectivity index (χ4v) is 3.14. The molecule has 3 rings (SSSR count).